The van der Waals surface area contributed by atoms with Crippen LogP contribution >= 0.6 is 0 Å². The van der Waals surface area contributed by atoms with Crippen LogP contribution in [0.15, 0.2) is 121 Å². The standard InChI is InChI=1S/C54H55N3/c1-10-21-54(22-11-2)48-18-13-12-17-46(48)47-20-19-39(33-49(47)54)42-30-41(31-45(32-42)53(7,8)9)38-15-14-16-40(29-38)50-55-51(43-25-34(3)23-35(4)26-43)57-52(56-50)44-27-36(5)24-37(6)28-44/h12-20,23-33H,10-11,21-22H2,1-9H3. The fraction of sp³-hybridized carbons (Fsp3) is 0.278. The highest BCUT2D eigenvalue weighted by Gasteiger charge is 2.41. The molecule has 1 aromatic heterocycles. The molecule has 0 spiro atoms. The fourth-order valence-corrected chi connectivity index (χ4v) is 9.35. The van der Waals surface area contributed by atoms with E-state index in [0.29, 0.717) is 17.5 Å². The zero-order valence-electron chi connectivity index (χ0n) is 35.2. The van der Waals surface area contributed by atoms with Crippen molar-refractivity contribution in [2.75, 3.05) is 0 Å². The number of hydrogen-bond acceptors (Lipinski definition) is 3. The van der Waals surface area contributed by atoms with Gasteiger partial charge in [0.25, 0.3) is 0 Å². The minimum Gasteiger partial charge on any atom is -0.208 e. The van der Waals surface area contributed by atoms with E-state index in [0.717, 1.165) is 47.9 Å². The van der Waals surface area contributed by atoms with Gasteiger partial charge in [-0.3, -0.25) is 0 Å². The number of hydrogen-bond donors (Lipinski definition) is 0. The smallest absolute Gasteiger partial charge is 0.164 e. The van der Waals surface area contributed by atoms with Crippen LogP contribution in [0, 0.1) is 27.7 Å². The van der Waals surface area contributed by atoms with Crippen molar-refractivity contribution in [2.24, 2.45) is 0 Å². The maximum atomic E-state index is 5.16. The van der Waals surface area contributed by atoms with Gasteiger partial charge in [0.2, 0.25) is 0 Å². The van der Waals surface area contributed by atoms with E-state index in [9.17, 15) is 0 Å². The van der Waals surface area contributed by atoms with Gasteiger partial charge in [-0.15, -0.1) is 0 Å². The van der Waals surface area contributed by atoms with Gasteiger partial charge in [0.1, 0.15) is 0 Å². The predicted molar refractivity (Wildman–Crippen MR) is 241 cm³/mol. The van der Waals surface area contributed by atoms with Crippen molar-refractivity contribution < 1.29 is 0 Å². The van der Waals surface area contributed by atoms with Crippen LogP contribution in [0.1, 0.15) is 99.2 Å². The zero-order valence-corrected chi connectivity index (χ0v) is 35.2. The van der Waals surface area contributed by atoms with Gasteiger partial charge in [0.15, 0.2) is 17.5 Å². The molecule has 0 saturated carbocycles. The molecule has 0 N–H and O–H groups in total. The van der Waals surface area contributed by atoms with E-state index in [2.05, 4.69) is 184 Å². The fourth-order valence-electron chi connectivity index (χ4n) is 9.35. The molecule has 8 rings (SSSR count). The van der Waals surface area contributed by atoms with Crippen molar-refractivity contribution in [2.45, 2.75) is 98.8 Å². The lowest BCUT2D eigenvalue weighted by molar-refractivity contribution is 0.436. The van der Waals surface area contributed by atoms with Crippen molar-refractivity contribution in [1.29, 1.82) is 0 Å². The lowest BCUT2D eigenvalue weighted by atomic mass is 9.71. The SMILES string of the molecule is CCCC1(CCC)c2ccccc2-c2ccc(-c3cc(-c4cccc(-c5nc(-c6cc(C)cc(C)c6)nc(-c6cc(C)cc(C)c6)n5)c4)cc(C(C)(C)C)c3)cc21. The Labute approximate surface area is 340 Å². The summed E-state index contributed by atoms with van der Waals surface area (Å²) in [5.74, 6) is 2.04. The summed E-state index contributed by atoms with van der Waals surface area (Å²) >= 11 is 0. The monoisotopic (exact) mass is 745 g/mol. The summed E-state index contributed by atoms with van der Waals surface area (Å²) in [7, 11) is 0. The van der Waals surface area contributed by atoms with Crippen LogP contribution in [-0.4, -0.2) is 15.0 Å². The van der Waals surface area contributed by atoms with Crippen LogP contribution in [0.3, 0.4) is 0 Å². The molecule has 0 amide bonds. The minimum absolute atomic E-state index is 0.0422. The molecule has 6 aromatic carbocycles. The minimum atomic E-state index is -0.0422. The Morgan fingerprint density at radius 1 is 0.421 bits per heavy atom. The number of rotatable bonds is 9. The average molecular weight is 746 g/mol. The van der Waals surface area contributed by atoms with E-state index >= 15 is 0 Å². The van der Waals surface area contributed by atoms with Gasteiger partial charge in [-0.05, 0) is 138 Å². The van der Waals surface area contributed by atoms with E-state index in [1.54, 1.807) is 0 Å². The Hall–Kier alpha value is -5.67. The predicted octanol–water partition coefficient (Wildman–Crippen LogP) is 14.6. The Kier molecular flexibility index (Phi) is 10.1. The van der Waals surface area contributed by atoms with Gasteiger partial charge in [-0.25, -0.2) is 15.0 Å². The molecule has 0 fully saturated rings. The Balaban J connectivity index is 1.27. The molecule has 0 saturated heterocycles. The summed E-state index contributed by atoms with van der Waals surface area (Å²) in [5, 5.41) is 0. The van der Waals surface area contributed by atoms with E-state index in [-0.39, 0.29) is 10.8 Å². The first kappa shape index (κ1) is 38.2. The summed E-state index contributed by atoms with van der Waals surface area (Å²) in [6, 6.07) is 45.4. The van der Waals surface area contributed by atoms with Gasteiger partial charge in [0, 0.05) is 22.1 Å². The average Bonchev–Trinajstić information content (AvgIpc) is 3.45. The molecule has 3 heteroatoms. The van der Waals surface area contributed by atoms with Gasteiger partial charge in [-0.1, -0.05) is 149 Å². The summed E-state index contributed by atoms with van der Waals surface area (Å²) in [4.78, 5) is 15.4. The number of aryl methyl sites for hydroxylation is 4. The van der Waals surface area contributed by atoms with Crippen molar-refractivity contribution in [3.63, 3.8) is 0 Å². The highest BCUT2D eigenvalue weighted by Crippen LogP contribution is 2.54. The Morgan fingerprint density at radius 2 is 0.895 bits per heavy atom. The van der Waals surface area contributed by atoms with Crippen LogP contribution < -0.4 is 0 Å². The van der Waals surface area contributed by atoms with Crippen LogP contribution in [0.5, 0.6) is 0 Å². The summed E-state index contributed by atoms with van der Waals surface area (Å²) in [6.45, 7) is 20.1. The van der Waals surface area contributed by atoms with Crippen LogP contribution in [-0.2, 0) is 10.8 Å². The first-order valence-corrected chi connectivity index (χ1v) is 20.8. The molecule has 57 heavy (non-hydrogen) atoms. The van der Waals surface area contributed by atoms with Crippen LogP contribution in [0.25, 0.3) is 67.5 Å². The third kappa shape index (κ3) is 7.37. The number of benzene rings is 6. The second-order valence-corrected chi connectivity index (χ2v) is 17.6. The van der Waals surface area contributed by atoms with E-state index in [4.69, 9.17) is 15.0 Å². The molecule has 0 radical (unpaired) electrons. The van der Waals surface area contributed by atoms with Crippen molar-refractivity contribution >= 4 is 0 Å². The van der Waals surface area contributed by atoms with Gasteiger partial charge < -0.3 is 0 Å². The van der Waals surface area contributed by atoms with Crippen molar-refractivity contribution in [3.8, 4) is 67.5 Å². The Bertz CT molecular complexity index is 2520. The van der Waals surface area contributed by atoms with E-state index < -0.39 is 0 Å². The van der Waals surface area contributed by atoms with Gasteiger partial charge >= 0.3 is 0 Å². The molecule has 1 aliphatic carbocycles. The first-order chi connectivity index (χ1) is 27.3. The molecule has 0 bridgehead atoms. The van der Waals surface area contributed by atoms with E-state index in [1.807, 2.05) is 0 Å². The van der Waals surface area contributed by atoms with Crippen LogP contribution in [0.2, 0.25) is 0 Å². The molecule has 286 valence electrons. The quantitative estimate of drug-likeness (QED) is 0.148. The molecule has 3 nitrogen and oxygen atoms in total. The number of aromatic nitrogens is 3. The van der Waals surface area contributed by atoms with Gasteiger partial charge in [0.05, 0.1) is 0 Å². The third-order valence-electron chi connectivity index (χ3n) is 11.8. The van der Waals surface area contributed by atoms with Crippen molar-refractivity contribution in [3.05, 3.63) is 160 Å². The molecule has 0 atom stereocenters. The second-order valence-electron chi connectivity index (χ2n) is 17.6. The second kappa shape index (κ2) is 15.0. The largest absolute Gasteiger partial charge is 0.208 e. The maximum Gasteiger partial charge on any atom is 0.164 e. The molecule has 0 unspecified atom stereocenters. The number of fused-ring (bicyclic) bond motifs is 3. The summed E-state index contributed by atoms with van der Waals surface area (Å²) in [5.41, 5.74) is 19.7. The highest BCUT2D eigenvalue weighted by atomic mass is 15.0. The molecule has 7 aromatic rings. The topological polar surface area (TPSA) is 38.7 Å². The van der Waals surface area contributed by atoms with Crippen LogP contribution in [0.4, 0.5) is 0 Å². The number of nitrogens with zero attached hydrogens (tertiary/aromatic N) is 3. The maximum absolute atomic E-state index is 5.16. The van der Waals surface area contributed by atoms with Gasteiger partial charge in [-0.2, -0.15) is 0 Å². The lowest BCUT2D eigenvalue weighted by Crippen LogP contribution is -2.25. The molecular weight excluding hydrogens is 691 g/mol. The first-order valence-electron chi connectivity index (χ1n) is 20.8. The lowest BCUT2D eigenvalue weighted by Gasteiger charge is -2.32. The van der Waals surface area contributed by atoms with Crippen molar-refractivity contribution in [1.82, 2.24) is 15.0 Å². The summed E-state index contributed by atoms with van der Waals surface area (Å²) < 4.78 is 0. The Morgan fingerprint density at radius 3 is 1.44 bits per heavy atom. The molecular formula is C54H55N3. The summed E-state index contributed by atoms with van der Waals surface area (Å²) in [6.07, 6.45) is 4.61. The normalized spacial score (nSPS) is 13.1. The molecule has 1 aliphatic rings. The molecule has 0 aliphatic heterocycles. The van der Waals surface area contributed by atoms with E-state index in [1.165, 1.54) is 66.8 Å². The molecule has 1 heterocycles. The zero-order chi connectivity index (χ0) is 40.1. The highest BCUT2D eigenvalue weighted by molar-refractivity contribution is 5.85. The third-order valence-corrected chi connectivity index (χ3v) is 11.8.